The Kier molecular flexibility index (Phi) is 7.90. The molecular weight excluding hydrogens is 448 g/mol. The minimum Gasteiger partial charge on any atom is -0.494 e. The fourth-order valence-corrected chi connectivity index (χ4v) is 4.33. The molecule has 178 valence electrons. The summed E-state index contributed by atoms with van der Waals surface area (Å²) in [7, 11) is 0. The smallest absolute Gasteiger partial charge is 0.338 e. The fourth-order valence-electron chi connectivity index (χ4n) is 3.78. The third-order valence-corrected chi connectivity index (χ3v) is 6.22. The lowest BCUT2D eigenvalue weighted by molar-refractivity contribution is -0.140. The molecule has 1 aliphatic rings. The monoisotopic (exact) mass is 478 g/mol. The summed E-state index contributed by atoms with van der Waals surface area (Å²) in [4.78, 5) is 18.0. The highest BCUT2D eigenvalue weighted by Gasteiger charge is 2.35. The lowest BCUT2D eigenvalue weighted by Gasteiger charge is -2.28. The minimum atomic E-state index is -0.456. The molecule has 0 bridgehead atoms. The Hall–Kier alpha value is -3.26. The largest absolute Gasteiger partial charge is 0.494 e. The SMILES string of the molecule is CCCCOc1ccc(C2C(C(=O)OCc3ccccc3)=C(C)Nc3nc(SCC)nn32)cc1. The van der Waals surface area contributed by atoms with Crippen LogP contribution in [0.1, 0.15) is 50.8 Å². The van der Waals surface area contributed by atoms with Crippen molar-refractivity contribution in [3.05, 3.63) is 77.0 Å². The Balaban J connectivity index is 1.64. The number of nitrogens with zero attached hydrogens (tertiary/aromatic N) is 3. The van der Waals surface area contributed by atoms with Crippen molar-refractivity contribution in [1.82, 2.24) is 14.8 Å². The Labute approximate surface area is 204 Å². The van der Waals surface area contributed by atoms with Gasteiger partial charge in [-0.15, -0.1) is 5.10 Å². The molecule has 8 heteroatoms. The van der Waals surface area contributed by atoms with Gasteiger partial charge >= 0.3 is 5.97 Å². The van der Waals surface area contributed by atoms with Gasteiger partial charge in [-0.05, 0) is 42.4 Å². The van der Waals surface area contributed by atoms with Crippen LogP contribution in [0.25, 0.3) is 0 Å². The number of ether oxygens (including phenoxy) is 2. The Morgan fingerprint density at radius 3 is 2.59 bits per heavy atom. The van der Waals surface area contributed by atoms with Crippen LogP contribution in [0.3, 0.4) is 0 Å². The van der Waals surface area contributed by atoms with Gasteiger partial charge in [0, 0.05) is 5.70 Å². The first-order valence-electron chi connectivity index (χ1n) is 11.6. The molecule has 0 radical (unpaired) electrons. The maximum Gasteiger partial charge on any atom is 0.338 e. The number of benzene rings is 2. The van der Waals surface area contributed by atoms with Crippen molar-refractivity contribution in [3.63, 3.8) is 0 Å². The molecule has 34 heavy (non-hydrogen) atoms. The predicted molar refractivity (Wildman–Crippen MR) is 134 cm³/mol. The molecule has 1 N–H and O–H groups in total. The van der Waals surface area contributed by atoms with Crippen LogP contribution in [0.4, 0.5) is 5.95 Å². The average molecular weight is 479 g/mol. The third-order valence-electron chi connectivity index (χ3n) is 5.50. The highest BCUT2D eigenvalue weighted by molar-refractivity contribution is 7.99. The summed E-state index contributed by atoms with van der Waals surface area (Å²) in [6.07, 6.45) is 2.09. The van der Waals surface area contributed by atoms with Crippen LogP contribution >= 0.6 is 11.8 Å². The molecule has 7 nitrogen and oxygen atoms in total. The van der Waals surface area contributed by atoms with Crippen LogP contribution < -0.4 is 10.1 Å². The Morgan fingerprint density at radius 2 is 1.88 bits per heavy atom. The van der Waals surface area contributed by atoms with Crippen molar-refractivity contribution >= 4 is 23.7 Å². The van der Waals surface area contributed by atoms with E-state index in [0.717, 1.165) is 35.5 Å². The van der Waals surface area contributed by atoms with Crippen molar-refractivity contribution < 1.29 is 14.3 Å². The maximum absolute atomic E-state index is 13.3. The zero-order valence-corrected chi connectivity index (χ0v) is 20.6. The van der Waals surface area contributed by atoms with E-state index in [-0.39, 0.29) is 12.6 Å². The molecule has 0 saturated heterocycles. The second-order valence-electron chi connectivity index (χ2n) is 7.99. The second-order valence-corrected chi connectivity index (χ2v) is 9.23. The molecule has 0 fully saturated rings. The van der Waals surface area contributed by atoms with Gasteiger partial charge in [-0.25, -0.2) is 9.48 Å². The number of hydrogen-bond donors (Lipinski definition) is 1. The number of thioether (sulfide) groups is 1. The van der Waals surface area contributed by atoms with Gasteiger partial charge in [0.05, 0.1) is 12.2 Å². The van der Waals surface area contributed by atoms with Crippen LogP contribution in [0, 0.1) is 0 Å². The van der Waals surface area contributed by atoms with Crippen molar-refractivity contribution in [2.75, 3.05) is 17.7 Å². The number of aromatic nitrogens is 3. The average Bonchev–Trinajstić information content (AvgIpc) is 3.25. The van der Waals surface area contributed by atoms with Gasteiger partial charge in [-0.2, -0.15) is 4.98 Å². The zero-order chi connectivity index (χ0) is 23.9. The number of allylic oxidation sites excluding steroid dienone is 1. The summed E-state index contributed by atoms with van der Waals surface area (Å²) < 4.78 is 13.3. The van der Waals surface area contributed by atoms with E-state index >= 15 is 0 Å². The van der Waals surface area contributed by atoms with Gasteiger partial charge in [0.15, 0.2) is 0 Å². The standard InChI is InChI=1S/C26H30N4O3S/c1-4-6-16-32-21-14-12-20(13-15-21)23-22(24(31)33-17-19-10-8-7-9-11-19)18(3)27-25-28-26(34-5-2)29-30(23)25/h7-15,23H,4-6,16-17H2,1-3H3,(H,27,28,29). The number of nitrogens with one attached hydrogen (secondary N) is 1. The van der Waals surface area contributed by atoms with Gasteiger partial charge in [0.2, 0.25) is 11.1 Å². The van der Waals surface area contributed by atoms with Gasteiger partial charge in [-0.3, -0.25) is 0 Å². The number of rotatable bonds is 10. The van der Waals surface area contributed by atoms with E-state index in [4.69, 9.17) is 14.6 Å². The number of carbonyl (C=O) groups is 1. The van der Waals surface area contributed by atoms with E-state index in [1.807, 2.05) is 61.5 Å². The molecular formula is C26H30N4O3S. The van der Waals surface area contributed by atoms with Crippen LogP contribution in [0.2, 0.25) is 0 Å². The van der Waals surface area contributed by atoms with Crippen LogP contribution in [-0.2, 0) is 16.1 Å². The predicted octanol–water partition coefficient (Wildman–Crippen LogP) is 5.60. The number of hydrogen-bond acceptors (Lipinski definition) is 7. The number of unbranched alkanes of at least 4 members (excludes halogenated alkanes) is 1. The van der Waals surface area contributed by atoms with E-state index in [2.05, 4.69) is 24.1 Å². The highest BCUT2D eigenvalue weighted by Crippen LogP contribution is 2.37. The summed E-state index contributed by atoms with van der Waals surface area (Å²) in [5.41, 5.74) is 3.07. The number of fused-ring (bicyclic) bond motifs is 1. The van der Waals surface area contributed by atoms with E-state index < -0.39 is 6.04 Å². The van der Waals surface area contributed by atoms with E-state index in [9.17, 15) is 4.79 Å². The van der Waals surface area contributed by atoms with Gasteiger partial charge in [-0.1, -0.05) is 74.5 Å². The fraction of sp³-hybridized carbons (Fsp3) is 0.346. The molecule has 3 aromatic rings. The summed E-state index contributed by atoms with van der Waals surface area (Å²) in [6, 6.07) is 17.0. The molecule has 1 unspecified atom stereocenters. The quantitative estimate of drug-likeness (QED) is 0.231. The van der Waals surface area contributed by atoms with Crippen molar-refractivity contribution in [2.24, 2.45) is 0 Å². The molecule has 0 spiro atoms. The van der Waals surface area contributed by atoms with E-state index in [0.29, 0.717) is 29.0 Å². The van der Waals surface area contributed by atoms with Crippen LogP contribution in [0.15, 0.2) is 71.0 Å². The highest BCUT2D eigenvalue weighted by atomic mass is 32.2. The number of carbonyl (C=O) groups excluding carboxylic acids is 1. The van der Waals surface area contributed by atoms with E-state index in [1.165, 1.54) is 0 Å². The Morgan fingerprint density at radius 1 is 1.12 bits per heavy atom. The summed E-state index contributed by atoms with van der Waals surface area (Å²) in [6.45, 7) is 6.96. The first-order valence-corrected chi connectivity index (χ1v) is 12.6. The molecule has 1 aromatic heterocycles. The molecule has 0 aliphatic carbocycles. The third kappa shape index (κ3) is 5.44. The maximum atomic E-state index is 13.3. The molecule has 0 saturated carbocycles. The lowest BCUT2D eigenvalue weighted by atomic mass is 9.95. The minimum absolute atomic E-state index is 0.203. The summed E-state index contributed by atoms with van der Waals surface area (Å²) in [5, 5.41) is 8.61. The molecule has 4 rings (SSSR count). The second kappa shape index (κ2) is 11.2. The van der Waals surface area contributed by atoms with Crippen molar-refractivity contribution in [1.29, 1.82) is 0 Å². The van der Waals surface area contributed by atoms with Gasteiger partial charge in [0.25, 0.3) is 0 Å². The number of esters is 1. The molecule has 2 heterocycles. The van der Waals surface area contributed by atoms with E-state index in [1.54, 1.807) is 16.4 Å². The topological polar surface area (TPSA) is 78.3 Å². The number of anilines is 1. The lowest BCUT2D eigenvalue weighted by Crippen LogP contribution is -2.29. The van der Waals surface area contributed by atoms with Crippen molar-refractivity contribution in [3.8, 4) is 5.75 Å². The molecule has 1 aliphatic heterocycles. The first-order chi connectivity index (χ1) is 16.6. The van der Waals surface area contributed by atoms with Crippen LogP contribution in [-0.4, -0.2) is 33.1 Å². The summed E-state index contributed by atoms with van der Waals surface area (Å²) in [5.74, 6) is 1.89. The summed E-state index contributed by atoms with van der Waals surface area (Å²) >= 11 is 1.56. The first kappa shape index (κ1) is 23.9. The van der Waals surface area contributed by atoms with Gasteiger partial charge in [0.1, 0.15) is 18.4 Å². The van der Waals surface area contributed by atoms with Crippen molar-refractivity contribution in [2.45, 2.75) is 51.4 Å². The normalized spacial score (nSPS) is 15.0. The molecule has 2 aromatic carbocycles. The van der Waals surface area contributed by atoms with Crippen LogP contribution in [0.5, 0.6) is 5.75 Å². The molecule has 0 amide bonds. The zero-order valence-electron chi connectivity index (χ0n) is 19.8. The van der Waals surface area contributed by atoms with Gasteiger partial charge < -0.3 is 14.8 Å². The Bertz CT molecular complexity index is 1140. The molecule has 1 atom stereocenters.